The molecule has 9 nitrogen and oxygen atoms in total. The van der Waals surface area contributed by atoms with Crippen molar-refractivity contribution in [3.8, 4) is 11.4 Å². The van der Waals surface area contributed by atoms with Gasteiger partial charge in [0.15, 0.2) is 5.82 Å². The summed E-state index contributed by atoms with van der Waals surface area (Å²) < 4.78 is 30.7. The van der Waals surface area contributed by atoms with Gasteiger partial charge in [0.05, 0.1) is 55.4 Å². The topological polar surface area (TPSA) is 126 Å². The second-order valence-corrected chi connectivity index (χ2v) is 12.3. The molecule has 0 spiro atoms. The quantitative estimate of drug-likeness (QED) is 0.0724. The number of thioether (sulfide) groups is 1. The fourth-order valence-electron chi connectivity index (χ4n) is 5.21. The summed E-state index contributed by atoms with van der Waals surface area (Å²) in [5.41, 5.74) is 8.25. The molecule has 1 atom stereocenters. The van der Waals surface area contributed by atoms with E-state index in [9.17, 15) is 14.0 Å². The number of carbonyl (C=O) groups excluding carboxylic acids is 2. The maximum absolute atomic E-state index is 14.3. The number of ether oxygens (including phenoxy) is 3. The van der Waals surface area contributed by atoms with E-state index in [1.807, 2.05) is 43.3 Å². The van der Waals surface area contributed by atoms with Crippen molar-refractivity contribution in [3.63, 3.8) is 0 Å². The lowest BCUT2D eigenvalue weighted by molar-refractivity contribution is -0.139. The molecular formula is C35H40ClFN4O5S. The number of unbranched alkanes of at least 4 members (excludes halogenated alkanes) is 3. The van der Waals surface area contributed by atoms with Crippen molar-refractivity contribution in [2.75, 3.05) is 45.9 Å². The summed E-state index contributed by atoms with van der Waals surface area (Å²) in [6.45, 7) is 1.53. The Bertz CT molecular complexity index is 1590. The molecule has 2 aromatic carbocycles. The predicted molar refractivity (Wildman–Crippen MR) is 182 cm³/mol. The summed E-state index contributed by atoms with van der Waals surface area (Å²) in [4.78, 5) is 36.0. The maximum atomic E-state index is 14.3. The standard InChI is InChI=1S/C35H40ClFN4O5S/c1-23-20-29(41-33(39-23)24-12-6-5-7-13-24)47-19-11-4-3-10-17-46-35(43)32-28(22-45-18-16-38)40-27(21-37)31(34(42)44-2)30(32)25-14-8-9-15-26(25)36/h5-9,12-15,20,30,40H,3-4,10-11,16-19,21-22,38H2,1-2H3. The molecule has 3 N–H and O–H groups in total. The van der Waals surface area contributed by atoms with Gasteiger partial charge < -0.3 is 25.3 Å². The Labute approximate surface area is 284 Å². The van der Waals surface area contributed by atoms with Gasteiger partial charge in [-0.3, -0.25) is 0 Å². The average molecular weight is 683 g/mol. The van der Waals surface area contributed by atoms with Crippen LogP contribution in [-0.4, -0.2) is 67.8 Å². The van der Waals surface area contributed by atoms with Crippen molar-refractivity contribution in [3.05, 3.63) is 99.5 Å². The largest absolute Gasteiger partial charge is 0.466 e. The summed E-state index contributed by atoms with van der Waals surface area (Å²) >= 11 is 8.25. The molecule has 1 aliphatic rings. The highest BCUT2D eigenvalue weighted by molar-refractivity contribution is 7.99. The number of halogens is 2. The van der Waals surface area contributed by atoms with Crippen LogP contribution in [0.1, 0.15) is 42.9 Å². The fourth-order valence-corrected chi connectivity index (χ4v) is 6.41. The van der Waals surface area contributed by atoms with Gasteiger partial charge in [-0.05, 0) is 43.2 Å². The first-order valence-corrected chi connectivity index (χ1v) is 16.8. The van der Waals surface area contributed by atoms with Crippen LogP contribution < -0.4 is 11.1 Å². The average Bonchev–Trinajstić information content (AvgIpc) is 3.08. The zero-order valence-electron chi connectivity index (χ0n) is 26.6. The van der Waals surface area contributed by atoms with E-state index in [1.165, 1.54) is 7.11 Å². The molecule has 1 unspecified atom stereocenters. The third kappa shape index (κ3) is 9.87. The van der Waals surface area contributed by atoms with Crippen LogP contribution in [0.15, 0.2) is 88.2 Å². The zero-order chi connectivity index (χ0) is 33.6. The van der Waals surface area contributed by atoms with Crippen LogP contribution in [0.2, 0.25) is 5.02 Å². The zero-order valence-corrected chi connectivity index (χ0v) is 28.2. The fraction of sp³-hybridized carbons (Fsp3) is 0.371. The van der Waals surface area contributed by atoms with Gasteiger partial charge >= 0.3 is 11.9 Å². The number of benzene rings is 2. The molecule has 1 aliphatic heterocycles. The maximum Gasteiger partial charge on any atom is 0.336 e. The third-order valence-corrected chi connectivity index (χ3v) is 8.74. The lowest BCUT2D eigenvalue weighted by atomic mass is 9.80. The molecular weight excluding hydrogens is 643 g/mol. The van der Waals surface area contributed by atoms with Gasteiger partial charge in [-0.15, -0.1) is 11.8 Å². The van der Waals surface area contributed by atoms with Crippen LogP contribution in [0.25, 0.3) is 11.4 Å². The number of nitrogens with one attached hydrogen (secondary N) is 1. The molecule has 250 valence electrons. The smallest absolute Gasteiger partial charge is 0.336 e. The number of aromatic nitrogens is 2. The first-order chi connectivity index (χ1) is 22.9. The molecule has 0 bridgehead atoms. The van der Waals surface area contributed by atoms with Crippen LogP contribution >= 0.6 is 23.4 Å². The number of nitrogens with two attached hydrogens (primary N) is 1. The lowest BCUT2D eigenvalue weighted by Crippen LogP contribution is -2.36. The van der Waals surface area contributed by atoms with Gasteiger partial charge in [-0.25, -0.2) is 23.9 Å². The van der Waals surface area contributed by atoms with Gasteiger partial charge in [-0.1, -0.05) is 73.0 Å². The number of allylic oxidation sites excluding steroid dienone is 1. The molecule has 0 saturated carbocycles. The minimum atomic E-state index is -1.03. The predicted octanol–water partition coefficient (Wildman–Crippen LogP) is 6.31. The molecule has 12 heteroatoms. The van der Waals surface area contributed by atoms with Crippen LogP contribution in [-0.2, 0) is 23.8 Å². The molecule has 0 aliphatic carbocycles. The Hall–Kier alpha value is -3.77. The van der Waals surface area contributed by atoms with E-state index in [0.29, 0.717) is 17.0 Å². The van der Waals surface area contributed by atoms with E-state index >= 15 is 0 Å². The van der Waals surface area contributed by atoms with Crippen molar-refractivity contribution in [2.45, 2.75) is 43.6 Å². The molecule has 1 aromatic heterocycles. The Morgan fingerprint density at radius 2 is 1.68 bits per heavy atom. The summed E-state index contributed by atoms with van der Waals surface area (Å²) in [5.74, 6) is -0.851. The normalized spacial score (nSPS) is 14.6. The minimum absolute atomic E-state index is 0.0315. The van der Waals surface area contributed by atoms with E-state index in [4.69, 9.17) is 36.5 Å². The highest BCUT2D eigenvalue weighted by Gasteiger charge is 2.40. The monoisotopic (exact) mass is 682 g/mol. The number of aryl methyl sites for hydroxylation is 1. The number of hydrogen-bond acceptors (Lipinski definition) is 10. The Balaban J connectivity index is 1.38. The van der Waals surface area contributed by atoms with Gasteiger partial charge in [0.25, 0.3) is 0 Å². The summed E-state index contributed by atoms with van der Waals surface area (Å²) in [5, 5.41) is 4.14. The van der Waals surface area contributed by atoms with Crippen LogP contribution in [0.5, 0.6) is 0 Å². The van der Waals surface area contributed by atoms with Gasteiger partial charge in [0.2, 0.25) is 0 Å². The number of nitrogens with zero attached hydrogens (tertiary/aromatic N) is 2. The molecule has 3 aromatic rings. The third-order valence-electron chi connectivity index (χ3n) is 7.40. The number of dihydropyridines is 1. The van der Waals surface area contributed by atoms with E-state index in [1.54, 1.807) is 36.0 Å². The number of esters is 2. The van der Waals surface area contributed by atoms with Crippen LogP contribution in [0.4, 0.5) is 4.39 Å². The van der Waals surface area contributed by atoms with Crippen LogP contribution in [0.3, 0.4) is 0 Å². The van der Waals surface area contributed by atoms with Gasteiger partial charge in [-0.2, -0.15) is 0 Å². The number of alkyl halides is 1. The van der Waals surface area contributed by atoms with Crippen molar-refractivity contribution in [1.82, 2.24) is 15.3 Å². The molecule has 0 amide bonds. The molecule has 0 fully saturated rings. The summed E-state index contributed by atoms with van der Waals surface area (Å²) in [6.07, 6.45) is 3.41. The SMILES string of the molecule is COC(=O)C1=C(CF)NC(COCCN)=C(C(=O)OCCCCCCSc2cc(C)nc(-c3ccccc3)n2)C1c1ccccc1Cl. The van der Waals surface area contributed by atoms with Crippen molar-refractivity contribution >= 4 is 35.3 Å². The summed E-state index contributed by atoms with van der Waals surface area (Å²) in [7, 11) is 1.20. The lowest BCUT2D eigenvalue weighted by Gasteiger charge is -2.32. The first kappa shape index (κ1) is 36.1. The molecule has 4 rings (SSSR count). The highest BCUT2D eigenvalue weighted by atomic mass is 35.5. The summed E-state index contributed by atoms with van der Waals surface area (Å²) in [6, 6.07) is 18.7. The number of hydrogen-bond donors (Lipinski definition) is 2. The second-order valence-electron chi connectivity index (χ2n) is 10.8. The van der Waals surface area contributed by atoms with Crippen LogP contribution in [0, 0.1) is 6.92 Å². The van der Waals surface area contributed by atoms with E-state index < -0.39 is 24.5 Å². The second kappa shape index (κ2) is 18.5. The van der Waals surface area contributed by atoms with Crippen molar-refractivity contribution in [1.29, 1.82) is 0 Å². The molecule has 2 heterocycles. The Morgan fingerprint density at radius 3 is 2.40 bits per heavy atom. The van der Waals surface area contributed by atoms with Gasteiger partial charge in [0, 0.05) is 22.8 Å². The molecule has 0 saturated heterocycles. The number of rotatable bonds is 17. The minimum Gasteiger partial charge on any atom is -0.466 e. The van der Waals surface area contributed by atoms with E-state index in [0.717, 1.165) is 47.1 Å². The van der Waals surface area contributed by atoms with Gasteiger partial charge in [0.1, 0.15) is 11.7 Å². The number of methoxy groups -OCH3 is 1. The Morgan fingerprint density at radius 1 is 0.957 bits per heavy atom. The first-order valence-electron chi connectivity index (χ1n) is 15.5. The Kier molecular flexibility index (Phi) is 14.2. The molecule has 47 heavy (non-hydrogen) atoms. The molecule has 0 radical (unpaired) electrons. The van der Waals surface area contributed by atoms with Crippen molar-refractivity contribution in [2.24, 2.45) is 5.73 Å². The van der Waals surface area contributed by atoms with Crippen molar-refractivity contribution < 1.29 is 28.2 Å². The van der Waals surface area contributed by atoms with E-state index in [2.05, 4.69) is 10.3 Å². The highest BCUT2D eigenvalue weighted by Crippen LogP contribution is 2.42. The number of carbonyl (C=O) groups is 2. The van der Waals surface area contributed by atoms with E-state index in [-0.39, 0.29) is 48.9 Å².